The zero-order valence-corrected chi connectivity index (χ0v) is 16.7. The van der Waals surface area contributed by atoms with Gasteiger partial charge in [0.2, 0.25) is 5.91 Å². The lowest BCUT2D eigenvalue weighted by atomic mass is 9.89. The molecule has 1 heterocycles. The van der Waals surface area contributed by atoms with E-state index in [9.17, 15) is 19.3 Å². The fraction of sp³-hybridized carbons (Fsp3) is 0.579. The van der Waals surface area contributed by atoms with Gasteiger partial charge in [0.1, 0.15) is 5.82 Å². The van der Waals surface area contributed by atoms with E-state index in [0.29, 0.717) is 5.92 Å². The SMILES string of the molecule is CN1C(=NCC2CCCCC2)SCC1CC(=O)Nc1cc([N+](=O)[O-])ccc1F. The monoisotopic (exact) mass is 408 g/mol. The Hall–Kier alpha value is -2.16. The third kappa shape index (κ3) is 5.21. The number of nitrogens with one attached hydrogen (secondary N) is 1. The van der Waals surface area contributed by atoms with E-state index >= 15 is 0 Å². The second kappa shape index (κ2) is 9.36. The lowest BCUT2D eigenvalue weighted by molar-refractivity contribution is -0.384. The summed E-state index contributed by atoms with van der Waals surface area (Å²) in [5.41, 5.74) is -0.430. The summed E-state index contributed by atoms with van der Waals surface area (Å²) in [7, 11) is 1.92. The molecule has 2 fully saturated rings. The van der Waals surface area contributed by atoms with Gasteiger partial charge in [0.15, 0.2) is 5.17 Å². The van der Waals surface area contributed by atoms with E-state index in [1.165, 1.54) is 32.1 Å². The van der Waals surface area contributed by atoms with E-state index in [2.05, 4.69) is 5.32 Å². The highest BCUT2D eigenvalue weighted by Crippen LogP contribution is 2.28. The zero-order chi connectivity index (χ0) is 20.1. The lowest BCUT2D eigenvalue weighted by Crippen LogP contribution is -2.34. The van der Waals surface area contributed by atoms with Gasteiger partial charge in [-0.1, -0.05) is 31.0 Å². The molecular formula is C19H25FN4O3S. The average molecular weight is 408 g/mol. The number of nitro benzene ring substituents is 1. The third-order valence-corrected chi connectivity index (χ3v) is 6.55. The van der Waals surface area contributed by atoms with Crippen LogP contribution >= 0.6 is 11.8 Å². The predicted octanol–water partition coefficient (Wildman–Crippen LogP) is 4.05. The van der Waals surface area contributed by atoms with Crippen LogP contribution in [0.5, 0.6) is 0 Å². The topological polar surface area (TPSA) is 87.8 Å². The van der Waals surface area contributed by atoms with Crippen molar-refractivity contribution in [1.29, 1.82) is 0 Å². The molecule has 1 aliphatic carbocycles. The Morgan fingerprint density at radius 1 is 1.39 bits per heavy atom. The predicted molar refractivity (Wildman–Crippen MR) is 109 cm³/mol. The number of non-ortho nitro benzene ring substituents is 1. The van der Waals surface area contributed by atoms with Crippen LogP contribution in [0.2, 0.25) is 0 Å². The molecule has 1 saturated carbocycles. The second-order valence-electron chi connectivity index (χ2n) is 7.38. The molecule has 2 aliphatic rings. The van der Waals surface area contributed by atoms with Crippen molar-refractivity contribution in [2.45, 2.75) is 44.6 Å². The Bertz CT molecular complexity index is 768. The highest BCUT2D eigenvalue weighted by Gasteiger charge is 2.29. The highest BCUT2D eigenvalue weighted by atomic mass is 32.2. The Kier molecular flexibility index (Phi) is 6.88. The lowest BCUT2D eigenvalue weighted by Gasteiger charge is -2.22. The third-order valence-electron chi connectivity index (χ3n) is 5.32. The molecular weight excluding hydrogens is 383 g/mol. The highest BCUT2D eigenvalue weighted by molar-refractivity contribution is 8.14. The Morgan fingerprint density at radius 2 is 2.14 bits per heavy atom. The van der Waals surface area contributed by atoms with Gasteiger partial charge in [0, 0.05) is 43.9 Å². The summed E-state index contributed by atoms with van der Waals surface area (Å²) in [6, 6.07) is 3.07. The fourth-order valence-corrected chi connectivity index (χ4v) is 4.81. The van der Waals surface area contributed by atoms with Gasteiger partial charge in [-0.25, -0.2) is 4.39 Å². The number of carbonyl (C=O) groups is 1. The van der Waals surface area contributed by atoms with Crippen molar-refractivity contribution >= 4 is 34.2 Å². The van der Waals surface area contributed by atoms with Gasteiger partial charge >= 0.3 is 0 Å². The van der Waals surface area contributed by atoms with Crippen LogP contribution in [0.15, 0.2) is 23.2 Å². The number of thioether (sulfide) groups is 1. The minimum Gasteiger partial charge on any atom is -0.350 e. The molecule has 1 aromatic carbocycles. The quantitative estimate of drug-likeness (QED) is 0.567. The standard InChI is InChI=1S/C19H25FN4O3S/c1-23-15(12-28-19(23)21-11-13-5-3-2-4-6-13)10-18(25)22-17-9-14(24(26)27)7-8-16(17)20/h7-9,13,15H,2-6,10-12H2,1H3,(H,22,25). The zero-order valence-electron chi connectivity index (χ0n) is 15.9. The Labute approximate surface area is 167 Å². The fourth-order valence-electron chi connectivity index (χ4n) is 3.61. The normalized spacial score (nSPS) is 21.9. The number of amides is 1. The van der Waals surface area contributed by atoms with E-state index in [1.807, 2.05) is 11.9 Å². The van der Waals surface area contributed by atoms with E-state index in [-0.39, 0.29) is 29.7 Å². The van der Waals surface area contributed by atoms with Gasteiger partial charge < -0.3 is 10.2 Å². The summed E-state index contributed by atoms with van der Waals surface area (Å²) >= 11 is 1.64. The molecule has 1 saturated heterocycles. The molecule has 152 valence electrons. The first-order chi connectivity index (χ1) is 13.4. The molecule has 7 nitrogen and oxygen atoms in total. The molecule has 3 rings (SSSR count). The van der Waals surface area contributed by atoms with E-state index in [4.69, 9.17) is 4.99 Å². The number of aliphatic imine (C=N–C) groups is 1. The molecule has 0 aromatic heterocycles. The van der Waals surface area contributed by atoms with Crippen molar-refractivity contribution in [3.05, 3.63) is 34.1 Å². The molecule has 1 N–H and O–H groups in total. The molecule has 28 heavy (non-hydrogen) atoms. The molecule has 1 aromatic rings. The number of benzene rings is 1. The van der Waals surface area contributed by atoms with Gasteiger partial charge in [-0.2, -0.15) is 0 Å². The summed E-state index contributed by atoms with van der Waals surface area (Å²) in [5.74, 6) is 0.341. The van der Waals surface area contributed by atoms with E-state index in [1.54, 1.807) is 11.8 Å². The molecule has 0 bridgehead atoms. The number of nitrogens with zero attached hydrogens (tertiary/aromatic N) is 3. The van der Waals surface area contributed by atoms with Crippen molar-refractivity contribution in [2.24, 2.45) is 10.9 Å². The van der Waals surface area contributed by atoms with Crippen LogP contribution in [0.25, 0.3) is 0 Å². The Balaban J connectivity index is 1.54. The molecule has 0 radical (unpaired) electrons. The van der Waals surface area contributed by atoms with Crippen molar-refractivity contribution < 1.29 is 14.1 Å². The summed E-state index contributed by atoms with van der Waals surface area (Å²) in [6.45, 7) is 0.838. The summed E-state index contributed by atoms with van der Waals surface area (Å²) in [6.07, 6.45) is 6.56. The van der Waals surface area contributed by atoms with Gasteiger partial charge in [0.05, 0.1) is 10.6 Å². The molecule has 1 atom stereocenters. The van der Waals surface area contributed by atoms with Crippen molar-refractivity contribution in [3.8, 4) is 0 Å². The average Bonchev–Trinajstić information content (AvgIpc) is 3.02. The number of hydrogen-bond acceptors (Lipinski definition) is 5. The molecule has 0 spiro atoms. The number of anilines is 1. The number of halogens is 1. The van der Waals surface area contributed by atoms with Gasteiger partial charge in [-0.15, -0.1) is 0 Å². The van der Waals surface area contributed by atoms with Crippen LogP contribution in [0.1, 0.15) is 38.5 Å². The van der Waals surface area contributed by atoms with E-state index < -0.39 is 10.7 Å². The number of amidine groups is 1. The number of nitro groups is 1. The van der Waals surface area contributed by atoms with Crippen LogP contribution in [-0.4, -0.2) is 46.3 Å². The Morgan fingerprint density at radius 3 is 2.86 bits per heavy atom. The minimum atomic E-state index is -0.692. The molecule has 9 heteroatoms. The van der Waals surface area contributed by atoms with Crippen LogP contribution in [0, 0.1) is 21.8 Å². The van der Waals surface area contributed by atoms with Gasteiger partial charge in [-0.3, -0.25) is 19.9 Å². The summed E-state index contributed by atoms with van der Waals surface area (Å²) < 4.78 is 13.9. The largest absolute Gasteiger partial charge is 0.350 e. The number of carbonyl (C=O) groups excluding carboxylic acids is 1. The molecule has 1 aliphatic heterocycles. The molecule has 1 unspecified atom stereocenters. The van der Waals surface area contributed by atoms with Crippen molar-refractivity contribution in [3.63, 3.8) is 0 Å². The first kappa shape index (κ1) is 20.6. The van der Waals surface area contributed by atoms with Crippen molar-refractivity contribution in [2.75, 3.05) is 24.7 Å². The molecule has 1 amide bonds. The number of rotatable bonds is 6. The maximum Gasteiger partial charge on any atom is 0.271 e. The summed E-state index contributed by atoms with van der Waals surface area (Å²) in [4.78, 5) is 29.3. The number of hydrogen-bond donors (Lipinski definition) is 1. The second-order valence-corrected chi connectivity index (χ2v) is 8.36. The van der Waals surface area contributed by atoms with Crippen LogP contribution in [0.3, 0.4) is 0 Å². The first-order valence-electron chi connectivity index (χ1n) is 9.58. The van der Waals surface area contributed by atoms with Gasteiger partial charge in [0.25, 0.3) is 5.69 Å². The van der Waals surface area contributed by atoms with Crippen LogP contribution in [0.4, 0.5) is 15.8 Å². The van der Waals surface area contributed by atoms with Crippen molar-refractivity contribution in [1.82, 2.24) is 4.90 Å². The minimum absolute atomic E-state index is 0.0307. The smallest absolute Gasteiger partial charge is 0.271 e. The van der Waals surface area contributed by atoms with Crippen LogP contribution in [-0.2, 0) is 4.79 Å². The maximum absolute atomic E-state index is 13.9. The first-order valence-corrected chi connectivity index (χ1v) is 10.6. The van der Waals surface area contributed by atoms with Crippen LogP contribution < -0.4 is 5.32 Å². The summed E-state index contributed by atoms with van der Waals surface area (Å²) in [5, 5.41) is 14.2. The van der Waals surface area contributed by atoms with Gasteiger partial charge in [-0.05, 0) is 24.8 Å². The maximum atomic E-state index is 13.9. The van der Waals surface area contributed by atoms with E-state index in [0.717, 1.165) is 35.7 Å².